The average Bonchev–Trinajstić information content (AvgIpc) is 2.93. The first kappa shape index (κ1) is 7.92. The van der Waals surface area contributed by atoms with Crippen LogP contribution < -0.4 is 0 Å². The normalized spacial score (nSPS) is 32.7. The second-order valence-electron chi connectivity index (χ2n) is 4.15. The van der Waals surface area contributed by atoms with Crippen LogP contribution in [0, 0.1) is 5.41 Å². The molecule has 1 saturated carbocycles. The Bertz CT molecular complexity index is 394. The zero-order valence-electron chi connectivity index (χ0n) is 7.93. The number of hydrogen-bond acceptors (Lipinski definition) is 2. The van der Waals surface area contributed by atoms with E-state index < -0.39 is 0 Å². The van der Waals surface area contributed by atoms with Gasteiger partial charge in [-0.2, -0.15) is 0 Å². The van der Waals surface area contributed by atoms with Gasteiger partial charge >= 0.3 is 0 Å². The summed E-state index contributed by atoms with van der Waals surface area (Å²) in [5.41, 5.74) is 1.65. The number of allylic oxidation sites excluding steroid dienone is 1. The second kappa shape index (κ2) is 2.77. The lowest BCUT2D eigenvalue weighted by Gasteiger charge is -2.12. The Kier molecular flexibility index (Phi) is 1.57. The monoisotopic (exact) mass is 184 g/mol. The zero-order valence-corrected chi connectivity index (χ0v) is 7.93. The van der Waals surface area contributed by atoms with Gasteiger partial charge in [0.05, 0.1) is 6.04 Å². The summed E-state index contributed by atoms with van der Waals surface area (Å²) in [6.45, 7) is 0. The molecule has 0 bridgehead atoms. The Morgan fingerprint density at radius 3 is 3.29 bits per heavy atom. The molecule has 0 aromatic carbocycles. The van der Waals surface area contributed by atoms with E-state index in [-0.39, 0.29) is 0 Å². The predicted octanol–water partition coefficient (Wildman–Crippen LogP) is 2.02. The van der Waals surface area contributed by atoms with Crippen molar-refractivity contribution in [3.63, 3.8) is 0 Å². The van der Waals surface area contributed by atoms with E-state index in [1.54, 1.807) is 0 Å². The van der Waals surface area contributed by atoms with Crippen LogP contribution in [0.5, 0.6) is 0 Å². The van der Waals surface area contributed by atoms with Gasteiger partial charge in [-0.05, 0) is 30.5 Å². The third-order valence-corrected chi connectivity index (χ3v) is 3.11. The number of nitrogens with zero attached hydrogens (tertiary/aromatic N) is 2. The fourth-order valence-electron chi connectivity index (χ4n) is 2.20. The number of aliphatic imine (C=N–C) groups is 1. The molecule has 0 radical (unpaired) electrons. The highest BCUT2D eigenvalue weighted by molar-refractivity contribution is 5.74. The van der Waals surface area contributed by atoms with Gasteiger partial charge < -0.3 is 0 Å². The van der Waals surface area contributed by atoms with Crippen molar-refractivity contribution < 1.29 is 0 Å². The topological polar surface area (TPSA) is 25.2 Å². The molecule has 0 spiro atoms. The van der Waals surface area contributed by atoms with Crippen LogP contribution in [-0.2, 0) is 6.42 Å². The van der Waals surface area contributed by atoms with Gasteiger partial charge in [-0.25, -0.2) is 0 Å². The van der Waals surface area contributed by atoms with E-state index in [1.165, 1.54) is 12.0 Å². The molecule has 0 amide bonds. The van der Waals surface area contributed by atoms with Crippen LogP contribution in [0.15, 0.2) is 41.7 Å². The van der Waals surface area contributed by atoms with E-state index >= 15 is 0 Å². The van der Waals surface area contributed by atoms with Crippen LogP contribution in [-0.4, -0.2) is 17.2 Å². The van der Waals surface area contributed by atoms with Crippen molar-refractivity contribution in [2.24, 2.45) is 10.4 Å². The van der Waals surface area contributed by atoms with E-state index in [1.807, 2.05) is 24.7 Å². The Balaban J connectivity index is 1.81. The lowest BCUT2D eigenvalue weighted by molar-refractivity contribution is 0.613. The van der Waals surface area contributed by atoms with Crippen molar-refractivity contribution in [1.29, 1.82) is 0 Å². The maximum Gasteiger partial charge on any atom is 0.0603 e. The van der Waals surface area contributed by atoms with Gasteiger partial charge in [-0.3, -0.25) is 9.98 Å². The van der Waals surface area contributed by atoms with Gasteiger partial charge in [-0.1, -0.05) is 12.1 Å². The molecule has 2 unspecified atom stereocenters. The number of pyridine rings is 1. The number of rotatable bonds is 2. The molecule has 70 valence electrons. The van der Waals surface area contributed by atoms with Crippen LogP contribution in [0.3, 0.4) is 0 Å². The van der Waals surface area contributed by atoms with Crippen LogP contribution >= 0.6 is 0 Å². The average molecular weight is 184 g/mol. The standard InChI is InChI=1S/C12H12N2/c1-3-10(9-13-5-1)7-12-4-2-6-14-11(12)8-12/h1-6,9,11H,7-8H2. The summed E-state index contributed by atoms with van der Waals surface area (Å²) in [5.74, 6) is 0. The van der Waals surface area contributed by atoms with Crippen LogP contribution in [0.25, 0.3) is 0 Å². The van der Waals surface area contributed by atoms with Crippen molar-refractivity contribution >= 4 is 6.21 Å². The molecule has 1 aromatic rings. The molecule has 1 aliphatic heterocycles. The van der Waals surface area contributed by atoms with Crippen LogP contribution in [0.2, 0.25) is 0 Å². The molecular formula is C12H12N2. The minimum atomic E-state index is 0.331. The smallest absolute Gasteiger partial charge is 0.0603 e. The Hall–Kier alpha value is -1.44. The third kappa shape index (κ3) is 1.18. The van der Waals surface area contributed by atoms with Gasteiger partial charge in [0, 0.05) is 24.0 Å². The van der Waals surface area contributed by atoms with Crippen LogP contribution in [0.1, 0.15) is 12.0 Å². The third-order valence-electron chi connectivity index (χ3n) is 3.11. The first-order chi connectivity index (χ1) is 6.89. The van der Waals surface area contributed by atoms with E-state index in [4.69, 9.17) is 0 Å². The maximum absolute atomic E-state index is 4.44. The lowest BCUT2D eigenvalue weighted by atomic mass is 9.95. The van der Waals surface area contributed by atoms with Crippen molar-refractivity contribution in [3.8, 4) is 0 Å². The molecule has 0 saturated heterocycles. The SMILES string of the molecule is C1=CC2(Cc3cccnc3)CC2N=C1. The molecule has 2 nitrogen and oxygen atoms in total. The van der Waals surface area contributed by atoms with E-state index in [0.717, 1.165) is 6.42 Å². The molecule has 2 aliphatic rings. The lowest BCUT2D eigenvalue weighted by Crippen LogP contribution is -2.09. The van der Waals surface area contributed by atoms with Crippen LogP contribution in [0.4, 0.5) is 0 Å². The first-order valence-electron chi connectivity index (χ1n) is 4.99. The number of hydrogen-bond donors (Lipinski definition) is 0. The second-order valence-corrected chi connectivity index (χ2v) is 4.15. The van der Waals surface area contributed by atoms with E-state index in [2.05, 4.69) is 28.2 Å². The summed E-state index contributed by atoms with van der Waals surface area (Å²) >= 11 is 0. The Morgan fingerprint density at radius 2 is 2.50 bits per heavy atom. The van der Waals surface area contributed by atoms with Gasteiger partial charge in [0.15, 0.2) is 0 Å². The quantitative estimate of drug-likeness (QED) is 0.690. The fourth-order valence-corrected chi connectivity index (χ4v) is 2.20. The molecule has 1 aromatic heterocycles. The summed E-state index contributed by atoms with van der Waals surface area (Å²) in [6.07, 6.45) is 12.3. The molecule has 2 atom stereocenters. The summed E-state index contributed by atoms with van der Waals surface area (Å²) in [7, 11) is 0. The maximum atomic E-state index is 4.44. The van der Waals surface area contributed by atoms with Gasteiger partial charge in [0.1, 0.15) is 0 Å². The number of dihydropyridines is 1. The zero-order chi connectivity index (χ0) is 9.43. The summed E-state index contributed by atoms with van der Waals surface area (Å²) in [5, 5.41) is 0. The Labute approximate surface area is 83.4 Å². The molecule has 14 heavy (non-hydrogen) atoms. The predicted molar refractivity (Wildman–Crippen MR) is 56.4 cm³/mol. The fraction of sp³-hybridized carbons (Fsp3) is 0.333. The highest BCUT2D eigenvalue weighted by Crippen LogP contribution is 2.53. The molecule has 1 fully saturated rings. The van der Waals surface area contributed by atoms with E-state index in [9.17, 15) is 0 Å². The highest BCUT2D eigenvalue weighted by Gasteiger charge is 2.52. The summed E-state index contributed by atoms with van der Waals surface area (Å²) in [4.78, 5) is 8.58. The van der Waals surface area contributed by atoms with Gasteiger partial charge in [0.25, 0.3) is 0 Å². The molecule has 2 heteroatoms. The highest BCUT2D eigenvalue weighted by atomic mass is 14.9. The molecular weight excluding hydrogens is 172 g/mol. The van der Waals surface area contributed by atoms with Crippen molar-refractivity contribution in [1.82, 2.24) is 4.98 Å². The molecule has 0 N–H and O–H groups in total. The summed E-state index contributed by atoms with van der Waals surface area (Å²) in [6, 6.07) is 4.68. The minimum absolute atomic E-state index is 0.331. The minimum Gasteiger partial charge on any atom is -0.289 e. The van der Waals surface area contributed by atoms with Gasteiger partial charge in [-0.15, -0.1) is 0 Å². The number of fused-ring (bicyclic) bond motifs is 1. The molecule has 1 aliphatic carbocycles. The van der Waals surface area contributed by atoms with Gasteiger partial charge in [0.2, 0.25) is 0 Å². The number of aromatic nitrogens is 1. The van der Waals surface area contributed by atoms with Crippen molar-refractivity contribution in [3.05, 3.63) is 42.2 Å². The summed E-state index contributed by atoms with van der Waals surface area (Å²) < 4.78 is 0. The molecule has 3 rings (SSSR count). The van der Waals surface area contributed by atoms with Crippen molar-refractivity contribution in [2.45, 2.75) is 18.9 Å². The first-order valence-corrected chi connectivity index (χ1v) is 4.99. The van der Waals surface area contributed by atoms with E-state index in [0.29, 0.717) is 11.5 Å². The Morgan fingerprint density at radius 1 is 1.50 bits per heavy atom. The largest absolute Gasteiger partial charge is 0.289 e. The molecule has 2 heterocycles. The van der Waals surface area contributed by atoms with Crippen molar-refractivity contribution in [2.75, 3.05) is 0 Å².